The number of fused-ring (bicyclic) bond motifs is 1. The van der Waals surface area contributed by atoms with Crippen molar-refractivity contribution in [2.75, 3.05) is 17.6 Å². The molecule has 7 heteroatoms. The van der Waals surface area contributed by atoms with Crippen molar-refractivity contribution in [3.05, 3.63) is 70.9 Å². The van der Waals surface area contributed by atoms with Crippen molar-refractivity contribution in [1.29, 1.82) is 5.26 Å². The van der Waals surface area contributed by atoms with Gasteiger partial charge in [0.25, 0.3) is 0 Å². The Kier molecular flexibility index (Phi) is 5.66. The lowest BCUT2D eigenvalue weighted by molar-refractivity contribution is 0.776. The minimum atomic E-state index is 0.361. The molecule has 152 valence electrons. The fourth-order valence-corrected chi connectivity index (χ4v) is 3.82. The lowest BCUT2D eigenvalue weighted by Crippen LogP contribution is -2.23. The molecule has 7 nitrogen and oxygen atoms in total. The summed E-state index contributed by atoms with van der Waals surface area (Å²) in [6.45, 7) is 0.534. The van der Waals surface area contributed by atoms with E-state index in [1.807, 2.05) is 36.4 Å². The highest BCUT2D eigenvalue weighted by Gasteiger charge is 2.16. The van der Waals surface area contributed by atoms with Crippen molar-refractivity contribution in [2.24, 2.45) is 10.7 Å². The molecule has 4 rings (SSSR count). The molecule has 2 aromatic carbocycles. The van der Waals surface area contributed by atoms with Crippen LogP contribution < -0.4 is 16.8 Å². The first-order chi connectivity index (χ1) is 14.7. The van der Waals surface area contributed by atoms with E-state index < -0.39 is 0 Å². The lowest BCUT2D eigenvalue weighted by Gasteiger charge is -2.08. The van der Waals surface area contributed by atoms with E-state index in [2.05, 4.69) is 33.6 Å². The number of aliphatic imine (C=N–C) groups is 1. The topological polar surface area (TPSA) is 118 Å². The maximum absolute atomic E-state index is 9.49. The van der Waals surface area contributed by atoms with Gasteiger partial charge in [0.2, 0.25) is 0 Å². The van der Waals surface area contributed by atoms with Crippen LogP contribution in [0.3, 0.4) is 0 Å². The number of nitrogens with zero attached hydrogens (tertiary/aromatic N) is 4. The number of aromatic nitrogens is 2. The summed E-state index contributed by atoms with van der Waals surface area (Å²) in [5.41, 5.74) is 17.9. The smallest absolute Gasteiger partial charge is 0.193 e. The average molecular weight is 400 g/mol. The van der Waals surface area contributed by atoms with Gasteiger partial charge in [-0.25, -0.2) is 4.68 Å². The predicted molar refractivity (Wildman–Crippen MR) is 120 cm³/mol. The molecule has 0 radical (unpaired) electrons. The van der Waals surface area contributed by atoms with Crippen molar-refractivity contribution >= 4 is 17.5 Å². The molecule has 1 aliphatic rings. The number of hydrogen-bond donors (Lipinski definition) is 3. The molecular weight excluding hydrogens is 374 g/mol. The highest BCUT2D eigenvalue weighted by molar-refractivity contribution is 5.92. The number of para-hydroxylation sites is 1. The molecule has 0 saturated heterocycles. The Morgan fingerprint density at radius 3 is 2.77 bits per heavy atom. The van der Waals surface area contributed by atoms with E-state index in [4.69, 9.17) is 11.5 Å². The standard InChI is InChI=1S/C23H25N7/c24-15-20-21(29-30(22(20)25)19-8-2-1-3-9-19)10-5-13-27-23(26)28-18-12-11-16-6-4-7-17(16)14-18/h1-3,8-9,11-12,14H,4-7,10,13,25H2,(H3,26,27,28). The summed E-state index contributed by atoms with van der Waals surface area (Å²) in [7, 11) is 0. The van der Waals surface area contributed by atoms with Gasteiger partial charge in [0.1, 0.15) is 17.5 Å². The summed E-state index contributed by atoms with van der Waals surface area (Å²) < 4.78 is 1.61. The summed E-state index contributed by atoms with van der Waals surface area (Å²) in [5.74, 6) is 0.753. The number of nitriles is 1. The first kappa shape index (κ1) is 19.5. The van der Waals surface area contributed by atoms with Gasteiger partial charge >= 0.3 is 0 Å². The SMILES string of the molecule is N#Cc1c(CCCN=C(N)Nc2ccc3c(c2)CCC3)nn(-c2ccccc2)c1N. The third kappa shape index (κ3) is 4.13. The largest absolute Gasteiger partial charge is 0.382 e. The van der Waals surface area contributed by atoms with Crippen LogP contribution in [0.2, 0.25) is 0 Å². The molecule has 1 aliphatic carbocycles. The number of nitrogens with two attached hydrogens (primary N) is 2. The summed E-state index contributed by atoms with van der Waals surface area (Å²) in [6, 6.07) is 18.1. The molecule has 0 spiro atoms. The monoisotopic (exact) mass is 399 g/mol. The zero-order valence-electron chi connectivity index (χ0n) is 16.8. The molecule has 0 fully saturated rings. The van der Waals surface area contributed by atoms with Crippen molar-refractivity contribution in [2.45, 2.75) is 32.1 Å². The zero-order valence-corrected chi connectivity index (χ0v) is 16.8. The van der Waals surface area contributed by atoms with Gasteiger partial charge in [0, 0.05) is 12.2 Å². The van der Waals surface area contributed by atoms with Crippen molar-refractivity contribution in [3.8, 4) is 11.8 Å². The molecule has 0 aliphatic heterocycles. The third-order valence-corrected chi connectivity index (χ3v) is 5.33. The number of guanidine groups is 1. The van der Waals surface area contributed by atoms with Gasteiger partial charge < -0.3 is 16.8 Å². The molecule has 0 atom stereocenters. The zero-order chi connectivity index (χ0) is 20.9. The number of aryl methyl sites for hydroxylation is 3. The van der Waals surface area contributed by atoms with Crippen LogP contribution in [0.25, 0.3) is 5.69 Å². The average Bonchev–Trinajstić information content (AvgIpc) is 3.35. The van der Waals surface area contributed by atoms with Crippen molar-refractivity contribution in [1.82, 2.24) is 9.78 Å². The molecule has 30 heavy (non-hydrogen) atoms. The van der Waals surface area contributed by atoms with E-state index in [9.17, 15) is 5.26 Å². The number of anilines is 2. The van der Waals surface area contributed by atoms with E-state index in [-0.39, 0.29) is 0 Å². The van der Waals surface area contributed by atoms with E-state index >= 15 is 0 Å². The Bertz CT molecular complexity index is 1110. The van der Waals surface area contributed by atoms with Crippen LogP contribution >= 0.6 is 0 Å². The summed E-state index contributed by atoms with van der Waals surface area (Å²) in [4.78, 5) is 4.41. The van der Waals surface area contributed by atoms with Crippen molar-refractivity contribution in [3.63, 3.8) is 0 Å². The molecule has 3 aromatic rings. The third-order valence-electron chi connectivity index (χ3n) is 5.33. The Morgan fingerprint density at radius 2 is 1.97 bits per heavy atom. The first-order valence-electron chi connectivity index (χ1n) is 10.2. The minimum absolute atomic E-state index is 0.361. The van der Waals surface area contributed by atoms with Crippen LogP contribution in [0.4, 0.5) is 11.5 Å². The normalized spacial score (nSPS) is 13.1. The van der Waals surface area contributed by atoms with E-state index in [0.717, 1.165) is 24.2 Å². The second-order valence-electron chi connectivity index (χ2n) is 7.40. The molecule has 0 unspecified atom stereocenters. The fraction of sp³-hybridized carbons (Fsp3) is 0.261. The van der Waals surface area contributed by atoms with Gasteiger partial charge in [-0.3, -0.25) is 4.99 Å². The Hall–Kier alpha value is -3.79. The molecule has 1 heterocycles. The van der Waals surface area contributed by atoms with Gasteiger partial charge in [-0.15, -0.1) is 0 Å². The van der Waals surface area contributed by atoms with E-state index in [1.54, 1.807) is 4.68 Å². The van der Waals surface area contributed by atoms with Crippen LogP contribution in [-0.2, 0) is 19.3 Å². The Morgan fingerprint density at radius 1 is 1.17 bits per heavy atom. The van der Waals surface area contributed by atoms with Gasteiger partial charge in [-0.05, 0) is 67.5 Å². The number of benzene rings is 2. The number of nitrogens with one attached hydrogen (secondary N) is 1. The van der Waals surface area contributed by atoms with Crippen LogP contribution in [0.15, 0.2) is 53.5 Å². The Labute approximate surface area is 176 Å². The van der Waals surface area contributed by atoms with Crippen LogP contribution in [0.1, 0.15) is 35.2 Å². The molecule has 1 aromatic heterocycles. The highest BCUT2D eigenvalue weighted by Crippen LogP contribution is 2.25. The molecule has 0 saturated carbocycles. The number of nitrogen functional groups attached to an aromatic ring is 1. The number of hydrogen-bond acceptors (Lipinski definition) is 4. The van der Waals surface area contributed by atoms with Gasteiger partial charge in [-0.2, -0.15) is 10.4 Å². The van der Waals surface area contributed by atoms with Gasteiger partial charge in [-0.1, -0.05) is 24.3 Å². The minimum Gasteiger partial charge on any atom is -0.382 e. The van der Waals surface area contributed by atoms with Crippen LogP contribution in [0, 0.1) is 11.3 Å². The van der Waals surface area contributed by atoms with E-state index in [0.29, 0.717) is 42.4 Å². The van der Waals surface area contributed by atoms with Gasteiger partial charge in [0.05, 0.1) is 11.4 Å². The summed E-state index contributed by atoms with van der Waals surface area (Å²) in [6.07, 6.45) is 4.82. The molecule has 0 amide bonds. The summed E-state index contributed by atoms with van der Waals surface area (Å²) >= 11 is 0. The van der Waals surface area contributed by atoms with Crippen LogP contribution in [0.5, 0.6) is 0 Å². The fourth-order valence-electron chi connectivity index (χ4n) is 3.82. The van der Waals surface area contributed by atoms with E-state index in [1.165, 1.54) is 17.5 Å². The van der Waals surface area contributed by atoms with Gasteiger partial charge in [0.15, 0.2) is 5.96 Å². The number of rotatable bonds is 6. The van der Waals surface area contributed by atoms with Crippen molar-refractivity contribution < 1.29 is 0 Å². The molecule has 0 bridgehead atoms. The maximum atomic E-state index is 9.49. The highest BCUT2D eigenvalue weighted by atomic mass is 15.3. The molecule has 5 N–H and O–H groups in total. The second-order valence-corrected chi connectivity index (χ2v) is 7.40. The Balaban J connectivity index is 1.36. The quantitative estimate of drug-likeness (QED) is 0.334. The van der Waals surface area contributed by atoms with Crippen LogP contribution in [-0.4, -0.2) is 22.3 Å². The lowest BCUT2D eigenvalue weighted by atomic mass is 10.1. The first-order valence-corrected chi connectivity index (χ1v) is 10.2. The predicted octanol–water partition coefficient (Wildman–Crippen LogP) is 3.17. The second kappa shape index (κ2) is 8.70. The maximum Gasteiger partial charge on any atom is 0.193 e. The molecular formula is C23H25N7. The summed E-state index contributed by atoms with van der Waals surface area (Å²) in [5, 5.41) is 17.2.